The van der Waals surface area contributed by atoms with Crippen LogP contribution in [0.1, 0.15) is 45.7 Å². The van der Waals surface area contributed by atoms with Crippen molar-refractivity contribution in [1.82, 2.24) is 0 Å². The van der Waals surface area contributed by atoms with E-state index >= 15 is 0 Å². The maximum Gasteiger partial charge on any atom is 0.267 e. The lowest BCUT2D eigenvalue weighted by molar-refractivity contribution is 0.0926. The summed E-state index contributed by atoms with van der Waals surface area (Å²) in [4.78, 5) is 27.0. The molecule has 0 aromatic heterocycles. The molecular formula is C23H16ClNO2. The highest BCUT2D eigenvalue weighted by Gasteiger charge is 2.40. The average molecular weight is 374 g/mol. The fourth-order valence-electron chi connectivity index (χ4n) is 4.31. The summed E-state index contributed by atoms with van der Waals surface area (Å²) in [7, 11) is 0. The number of anilines is 1. The van der Waals surface area contributed by atoms with E-state index < -0.39 is 0 Å². The number of hydrogen-bond donors (Lipinski definition) is 0. The molecule has 0 radical (unpaired) electrons. The van der Waals surface area contributed by atoms with Gasteiger partial charge in [0.25, 0.3) is 11.8 Å². The van der Waals surface area contributed by atoms with Gasteiger partial charge in [0.1, 0.15) is 0 Å². The predicted octanol–water partition coefficient (Wildman–Crippen LogP) is 5.45. The summed E-state index contributed by atoms with van der Waals surface area (Å²) < 4.78 is 0. The molecular weight excluding hydrogens is 358 g/mol. The van der Waals surface area contributed by atoms with E-state index in [1.165, 1.54) is 16.0 Å². The molecule has 132 valence electrons. The Morgan fingerprint density at radius 1 is 0.778 bits per heavy atom. The number of imide groups is 1. The minimum Gasteiger partial charge on any atom is -0.268 e. The first-order valence-electron chi connectivity index (χ1n) is 8.83. The van der Waals surface area contributed by atoms with Crippen molar-refractivity contribution in [1.29, 1.82) is 0 Å². The lowest BCUT2D eigenvalue weighted by Gasteiger charge is -2.23. The molecule has 2 aliphatic rings. The van der Waals surface area contributed by atoms with Crippen LogP contribution in [0.5, 0.6) is 0 Å². The molecule has 1 aliphatic heterocycles. The topological polar surface area (TPSA) is 37.4 Å². The van der Waals surface area contributed by atoms with Crippen LogP contribution < -0.4 is 4.90 Å². The van der Waals surface area contributed by atoms with E-state index in [9.17, 15) is 9.59 Å². The Balaban J connectivity index is 1.66. The van der Waals surface area contributed by atoms with Crippen LogP contribution in [0.2, 0.25) is 5.02 Å². The fourth-order valence-corrected chi connectivity index (χ4v) is 4.57. The molecule has 1 aliphatic carbocycles. The molecule has 2 amide bonds. The van der Waals surface area contributed by atoms with Crippen LogP contribution >= 0.6 is 11.6 Å². The molecule has 3 aromatic carbocycles. The third kappa shape index (κ3) is 2.03. The molecule has 0 fully saturated rings. The SMILES string of the molecule is CC1(C)c2ccccc2-c2ccc(N3C(=O)c4cccc(Cl)c4C3=O)cc21. The smallest absolute Gasteiger partial charge is 0.267 e. The van der Waals surface area contributed by atoms with Crippen LogP contribution in [-0.2, 0) is 5.41 Å². The Labute approximate surface area is 162 Å². The van der Waals surface area contributed by atoms with Gasteiger partial charge in [-0.15, -0.1) is 0 Å². The molecule has 4 heteroatoms. The summed E-state index contributed by atoms with van der Waals surface area (Å²) in [6, 6.07) is 19.1. The summed E-state index contributed by atoms with van der Waals surface area (Å²) >= 11 is 6.18. The van der Waals surface area contributed by atoms with Gasteiger partial charge in [-0.05, 0) is 46.5 Å². The van der Waals surface area contributed by atoms with Crippen molar-refractivity contribution in [2.24, 2.45) is 0 Å². The zero-order chi connectivity index (χ0) is 18.9. The van der Waals surface area contributed by atoms with Crippen molar-refractivity contribution in [3.05, 3.63) is 87.9 Å². The molecule has 0 N–H and O–H groups in total. The van der Waals surface area contributed by atoms with Gasteiger partial charge in [0.15, 0.2) is 0 Å². The quantitative estimate of drug-likeness (QED) is 0.532. The standard InChI is InChI=1S/C23H16ClNO2/c1-23(2)17-8-4-3-6-14(17)15-11-10-13(12-18(15)23)25-21(26)16-7-5-9-19(24)20(16)22(25)27/h3-12H,1-2H3. The Bertz CT molecular complexity index is 1160. The highest BCUT2D eigenvalue weighted by molar-refractivity contribution is 6.42. The second-order valence-electron chi connectivity index (χ2n) is 7.51. The number of carbonyl (C=O) groups is 2. The van der Waals surface area contributed by atoms with Crippen molar-refractivity contribution in [2.75, 3.05) is 4.90 Å². The Morgan fingerprint density at radius 2 is 1.48 bits per heavy atom. The van der Waals surface area contributed by atoms with Crippen molar-refractivity contribution in [2.45, 2.75) is 19.3 Å². The van der Waals surface area contributed by atoms with Gasteiger partial charge in [0, 0.05) is 5.41 Å². The number of rotatable bonds is 1. The second kappa shape index (κ2) is 5.30. The largest absolute Gasteiger partial charge is 0.268 e. The van der Waals surface area contributed by atoms with Crippen LogP contribution in [0.4, 0.5) is 5.69 Å². The molecule has 0 spiro atoms. The predicted molar refractivity (Wildman–Crippen MR) is 107 cm³/mol. The maximum absolute atomic E-state index is 12.9. The van der Waals surface area contributed by atoms with Crippen LogP contribution in [0.25, 0.3) is 11.1 Å². The monoisotopic (exact) mass is 373 g/mol. The van der Waals surface area contributed by atoms with Crippen LogP contribution in [-0.4, -0.2) is 11.8 Å². The normalized spacial score (nSPS) is 16.3. The van der Waals surface area contributed by atoms with E-state index in [0.29, 0.717) is 16.3 Å². The second-order valence-corrected chi connectivity index (χ2v) is 7.92. The third-order valence-corrected chi connectivity index (χ3v) is 6.00. The van der Waals surface area contributed by atoms with Crippen molar-refractivity contribution in [3.63, 3.8) is 0 Å². The third-order valence-electron chi connectivity index (χ3n) is 5.69. The van der Waals surface area contributed by atoms with E-state index in [-0.39, 0.29) is 22.8 Å². The molecule has 3 aromatic rings. The number of fused-ring (bicyclic) bond motifs is 4. The van der Waals surface area contributed by atoms with E-state index in [4.69, 9.17) is 11.6 Å². The van der Waals surface area contributed by atoms with Gasteiger partial charge in [-0.25, -0.2) is 4.90 Å². The van der Waals surface area contributed by atoms with Gasteiger partial charge in [0.2, 0.25) is 0 Å². The highest BCUT2D eigenvalue weighted by atomic mass is 35.5. The van der Waals surface area contributed by atoms with Gasteiger partial charge in [0.05, 0.1) is 21.8 Å². The molecule has 27 heavy (non-hydrogen) atoms. The lowest BCUT2D eigenvalue weighted by atomic mass is 9.82. The molecule has 0 bridgehead atoms. The van der Waals surface area contributed by atoms with Crippen LogP contribution in [0, 0.1) is 0 Å². The van der Waals surface area contributed by atoms with E-state index in [2.05, 4.69) is 26.0 Å². The summed E-state index contributed by atoms with van der Waals surface area (Å²) in [6.45, 7) is 4.33. The Kier molecular flexibility index (Phi) is 3.20. The molecule has 1 heterocycles. The van der Waals surface area contributed by atoms with Crippen molar-refractivity contribution < 1.29 is 9.59 Å². The Morgan fingerprint density at radius 3 is 2.26 bits per heavy atom. The molecule has 0 unspecified atom stereocenters. The highest BCUT2D eigenvalue weighted by Crippen LogP contribution is 2.49. The number of amides is 2. The summed E-state index contributed by atoms with van der Waals surface area (Å²) in [5.41, 5.74) is 5.74. The van der Waals surface area contributed by atoms with E-state index in [1.807, 2.05) is 30.3 Å². The van der Waals surface area contributed by atoms with E-state index in [1.54, 1.807) is 18.2 Å². The first-order chi connectivity index (χ1) is 12.9. The molecule has 5 rings (SSSR count). The molecule has 0 atom stereocenters. The van der Waals surface area contributed by atoms with Crippen molar-refractivity contribution >= 4 is 29.1 Å². The zero-order valence-corrected chi connectivity index (χ0v) is 15.7. The number of halogens is 1. The first kappa shape index (κ1) is 16.3. The average Bonchev–Trinajstić information content (AvgIpc) is 3.05. The van der Waals surface area contributed by atoms with Gasteiger partial charge < -0.3 is 0 Å². The number of benzene rings is 3. The first-order valence-corrected chi connectivity index (χ1v) is 9.21. The van der Waals surface area contributed by atoms with Gasteiger partial charge in [-0.3, -0.25) is 9.59 Å². The number of hydrogen-bond acceptors (Lipinski definition) is 2. The molecule has 0 saturated heterocycles. The van der Waals surface area contributed by atoms with Crippen molar-refractivity contribution in [3.8, 4) is 11.1 Å². The van der Waals surface area contributed by atoms with Gasteiger partial charge in [-0.2, -0.15) is 0 Å². The fraction of sp³-hybridized carbons (Fsp3) is 0.130. The lowest BCUT2D eigenvalue weighted by Crippen LogP contribution is -2.29. The maximum atomic E-state index is 12.9. The van der Waals surface area contributed by atoms with Gasteiger partial charge >= 0.3 is 0 Å². The number of carbonyl (C=O) groups excluding carboxylic acids is 2. The minimum atomic E-state index is -0.367. The number of nitrogens with zero attached hydrogens (tertiary/aromatic N) is 1. The van der Waals surface area contributed by atoms with E-state index in [0.717, 1.165) is 11.1 Å². The summed E-state index contributed by atoms with van der Waals surface area (Å²) in [5.74, 6) is -0.695. The van der Waals surface area contributed by atoms with Crippen LogP contribution in [0.15, 0.2) is 60.7 Å². The summed E-state index contributed by atoms with van der Waals surface area (Å²) in [5, 5.41) is 0.308. The minimum absolute atomic E-state index is 0.196. The zero-order valence-electron chi connectivity index (χ0n) is 14.9. The molecule has 0 saturated carbocycles. The Hall–Kier alpha value is -2.91. The summed E-state index contributed by atoms with van der Waals surface area (Å²) in [6.07, 6.45) is 0. The van der Waals surface area contributed by atoms with Gasteiger partial charge in [-0.1, -0.05) is 61.8 Å². The van der Waals surface area contributed by atoms with Crippen LogP contribution in [0.3, 0.4) is 0 Å². The molecule has 3 nitrogen and oxygen atoms in total.